The van der Waals surface area contributed by atoms with E-state index in [1.807, 2.05) is 0 Å². The number of piperidine rings is 2. The van der Waals surface area contributed by atoms with Gasteiger partial charge in [0.25, 0.3) is 0 Å². The van der Waals surface area contributed by atoms with E-state index in [0.717, 1.165) is 19.3 Å². The van der Waals surface area contributed by atoms with Gasteiger partial charge in [-0.25, -0.2) is 28.0 Å². The molecule has 2 N–H and O–H groups in total. The molecule has 4 unspecified atom stereocenters. The van der Waals surface area contributed by atoms with Crippen LogP contribution in [0.1, 0.15) is 64.2 Å². The third-order valence-electron chi connectivity index (χ3n) is 9.95. The number of nitrogens with one attached hydrogen (secondary N) is 2. The van der Waals surface area contributed by atoms with Gasteiger partial charge in [-0.05, 0) is 76.0 Å². The normalized spacial score (nSPS) is 35.0. The molecule has 0 aromatic carbocycles. The third-order valence-corrected chi connectivity index (χ3v) is 12.3. The molecule has 0 bridgehead atoms. The SMILES string of the molecule is COC(=O)NC1CCC(S(=O)(=O)N2CCC(C3CCN4NC(C(F)(F)F)C(C(=O)N5CCCC5)C4C3)CC2)CC1. The summed E-state index contributed by atoms with van der Waals surface area (Å²) >= 11 is 0. The maximum atomic E-state index is 14.0. The van der Waals surface area contributed by atoms with Gasteiger partial charge in [0, 0.05) is 44.8 Å². The highest BCUT2D eigenvalue weighted by Crippen LogP contribution is 2.44. The second-order valence-corrected chi connectivity index (χ2v) is 14.4. The van der Waals surface area contributed by atoms with Crippen molar-refractivity contribution in [1.29, 1.82) is 0 Å². The average Bonchev–Trinajstić information content (AvgIpc) is 3.61. The van der Waals surface area contributed by atoms with Crippen molar-refractivity contribution in [2.24, 2.45) is 17.8 Å². The fraction of sp³-hybridized carbons (Fsp3) is 0.923. The van der Waals surface area contributed by atoms with E-state index in [4.69, 9.17) is 0 Å². The Hall–Kier alpha value is -1.64. The second kappa shape index (κ2) is 11.9. The molecule has 40 heavy (non-hydrogen) atoms. The highest BCUT2D eigenvalue weighted by molar-refractivity contribution is 7.89. The van der Waals surface area contributed by atoms with Crippen molar-refractivity contribution in [3.8, 4) is 0 Å². The van der Waals surface area contributed by atoms with Gasteiger partial charge in [-0.2, -0.15) is 13.2 Å². The molecule has 2 amide bonds. The molecule has 4 heterocycles. The Kier molecular flexibility index (Phi) is 8.89. The molecule has 228 valence electrons. The predicted molar refractivity (Wildman–Crippen MR) is 140 cm³/mol. The number of methoxy groups -OCH3 is 1. The van der Waals surface area contributed by atoms with E-state index in [2.05, 4.69) is 15.5 Å². The molecule has 10 nitrogen and oxygen atoms in total. The fourth-order valence-corrected chi connectivity index (χ4v) is 9.72. The van der Waals surface area contributed by atoms with E-state index < -0.39 is 51.5 Å². The largest absolute Gasteiger partial charge is 0.453 e. The van der Waals surface area contributed by atoms with Crippen LogP contribution < -0.4 is 10.7 Å². The van der Waals surface area contributed by atoms with E-state index in [-0.39, 0.29) is 17.9 Å². The Bertz CT molecular complexity index is 1020. The summed E-state index contributed by atoms with van der Waals surface area (Å²) in [5.74, 6) is -1.15. The van der Waals surface area contributed by atoms with Gasteiger partial charge in [0.05, 0.1) is 18.3 Å². The van der Waals surface area contributed by atoms with Crippen LogP contribution >= 0.6 is 0 Å². The first-order chi connectivity index (χ1) is 19.0. The number of sulfonamides is 1. The Labute approximate surface area is 234 Å². The molecule has 14 heteroatoms. The Morgan fingerprint density at radius 1 is 0.900 bits per heavy atom. The van der Waals surface area contributed by atoms with Crippen LogP contribution in [0.5, 0.6) is 0 Å². The molecule has 5 fully saturated rings. The number of fused-ring (bicyclic) bond motifs is 1. The average molecular weight is 594 g/mol. The van der Waals surface area contributed by atoms with Crippen molar-refractivity contribution in [2.45, 2.75) is 93.8 Å². The van der Waals surface area contributed by atoms with Gasteiger partial charge in [-0.3, -0.25) is 4.79 Å². The van der Waals surface area contributed by atoms with Crippen LogP contribution in [0.3, 0.4) is 0 Å². The molecule has 4 atom stereocenters. The third kappa shape index (κ3) is 6.10. The van der Waals surface area contributed by atoms with Gasteiger partial charge in [0.1, 0.15) is 6.04 Å². The maximum absolute atomic E-state index is 14.0. The number of hydrazine groups is 1. The number of ether oxygens (including phenoxy) is 1. The molecular weight excluding hydrogens is 551 g/mol. The Balaban J connectivity index is 1.17. The van der Waals surface area contributed by atoms with Crippen molar-refractivity contribution in [3.05, 3.63) is 0 Å². The molecule has 4 aliphatic heterocycles. The van der Waals surface area contributed by atoms with E-state index in [0.29, 0.717) is 77.7 Å². The minimum Gasteiger partial charge on any atom is -0.453 e. The van der Waals surface area contributed by atoms with Crippen LogP contribution in [-0.2, 0) is 19.6 Å². The summed E-state index contributed by atoms with van der Waals surface area (Å²) in [6.07, 6.45) is 1.36. The van der Waals surface area contributed by atoms with Crippen molar-refractivity contribution >= 4 is 22.0 Å². The molecule has 1 saturated carbocycles. The van der Waals surface area contributed by atoms with Crippen LogP contribution in [-0.4, -0.2) is 104 Å². The summed E-state index contributed by atoms with van der Waals surface area (Å²) in [5.41, 5.74) is 2.63. The van der Waals surface area contributed by atoms with Crippen molar-refractivity contribution in [1.82, 2.24) is 25.0 Å². The van der Waals surface area contributed by atoms with Gasteiger partial charge in [0.2, 0.25) is 15.9 Å². The van der Waals surface area contributed by atoms with E-state index in [1.54, 1.807) is 14.2 Å². The predicted octanol–water partition coefficient (Wildman–Crippen LogP) is 2.46. The minimum atomic E-state index is -4.51. The van der Waals surface area contributed by atoms with Crippen LogP contribution in [0.25, 0.3) is 0 Å². The molecule has 0 spiro atoms. The lowest BCUT2D eigenvalue weighted by molar-refractivity contribution is -0.172. The lowest BCUT2D eigenvalue weighted by Gasteiger charge is -2.43. The minimum absolute atomic E-state index is 0.0845. The van der Waals surface area contributed by atoms with Crippen LogP contribution in [0.4, 0.5) is 18.0 Å². The summed E-state index contributed by atoms with van der Waals surface area (Å²) in [5, 5.41) is 3.93. The number of halogens is 3. The van der Waals surface area contributed by atoms with Gasteiger partial charge in [-0.1, -0.05) is 0 Å². The number of carbonyl (C=O) groups excluding carboxylic acids is 2. The zero-order chi connectivity index (χ0) is 28.7. The zero-order valence-corrected chi connectivity index (χ0v) is 23.9. The number of amides is 2. The van der Waals surface area contributed by atoms with Crippen molar-refractivity contribution in [3.63, 3.8) is 0 Å². The Morgan fingerprint density at radius 3 is 2.12 bits per heavy atom. The molecule has 1 aliphatic carbocycles. The first-order valence-corrected chi connectivity index (χ1v) is 16.2. The molecule has 0 radical (unpaired) electrons. The zero-order valence-electron chi connectivity index (χ0n) is 23.1. The number of nitrogens with zero attached hydrogens (tertiary/aromatic N) is 3. The van der Waals surface area contributed by atoms with Crippen molar-refractivity contribution in [2.75, 3.05) is 39.8 Å². The molecule has 5 aliphatic rings. The number of alkyl carbamates (subject to hydrolysis) is 1. The molecule has 5 rings (SSSR count). The monoisotopic (exact) mass is 593 g/mol. The fourth-order valence-electron chi connectivity index (χ4n) is 7.71. The summed E-state index contributed by atoms with van der Waals surface area (Å²) in [6, 6.07) is -2.46. The topological polar surface area (TPSA) is 111 Å². The number of hydrogen-bond acceptors (Lipinski definition) is 7. The number of rotatable bonds is 5. The Morgan fingerprint density at radius 2 is 1.52 bits per heavy atom. The highest BCUT2D eigenvalue weighted by Gasteiger charge is 2.59. The smallest absolute Gasteiger partial charge is 0.407 e. The first-order valence-electron chi connectivity index (χ1n) is 14.7. The standard InChI is InChI=1S/C26H42F3N5O5S/c1-39-25(36)30-19-4-6-20(7-5-19)40(37,38)33-13-8-17(9-14-33)18-10-15-34-21(16-18)22(23(31-34)26(27,28)29)24(35)32-11-2-3-12-32/h17-23,31H,2-16H2,1H3,(H,30,36). The summed E-state index contributed by atoms with van der Waals surface area (Å²) in [7, 11) is -2.17. The molecule has 0 aromatic heterocycles. The van der Waals surface area contributed by atoms with E-state index in [9.17, 15) is 31.2 Å². The molecule has 0 aromatic rings. The van der Waals surface area contributed by atoms with Crippen LogP contribution in [0.15, 0.2) is 0 Å². The second-order valence-electron chi connectivity index (χ2n) is 12.1. The first kappa shape index (κ1) is 29.8. The lowest BCUT2D eigenvalue weighted by Crippen LogP contribution is -2.50. The summed E-state index contributed by atoms with van der Waals surface area (Å²) < 4.78 is 75.0. The quantitative estimate of drug-likeness (QED) is 0.504. The number of likely N-dealkylation sites (tertiary alicyclic amines) is 1. The summed E-state index contributed by atoms with van der Waals surface area (Å²) in [6.45, 7) is 2.32. The van der Waals surface area contributed by atoms with E-state index in [1.165, 1.54) is 7.11 Å². The number of alkyl halides is 3. The van der Waals surface area contributed by atoms with Crippen molar-refractivity contribution < 1.29 is 35.9 Å². The van der Waals surface area contributed by atoms with Crippen LogP contribution in [0, 0.1) is 17.8 Å². The van der Waals surface area contributed by atoms with Gasteiger partial charge in [-0.15, -0.1) is 0 Å². The van der Waals surface area contributed by atoms with Crippen LogP contribution in [0.2, 0.25) is 0 Å². The lowest BCUT2D eigenvalue weighted by atomic mass is 9.74. The van der Waals surface area contributed by atoms with Gasteiger partial charge >= 0.3 is 12.3 Å². The molecular formula is C26H42F3N5O5S. The number of hydrogen-bond donors (Lipinski definition) is 2. The number of carbonyl (C=O) groups is 2. The molecule has 4 saturated heterocycles. The summed E-state index contributed by atoms with van der Waals surface area (Å²) in [4.78, 5) is 26.4. The van der Waals surface area contributed by atoms with Gasteiger partial charge in [0.15, 0.2) is 0 Å². The van der Waals surface area contributed by atoms with E-state index >= 15 is 0 Å². The maximum Gasteiger partial charge on any atom is 0.407 e. The van der Waals surface area contributed by atoms with Gasteiger partial charge < -0.3 is 15.0 Å². The highest BCUT2D eigenvalue weighted by atomic mass is 32.2.